The molecule has 0 aliphatic rings. The Hall–Kier alpha value is -1.91. The maximum Gasteiger partial charge on any atom is 0.338 e. The average molecular weight is 209 g/mol. The second-order valence-electron chi connectivity index (χ2n) is 2.98. The Kier molecular flexibility index (Phi) is 3.38. The van der Waals surface area contributed by atoms with Gasteiger partial charge in [-0.15, -0.1) is 0 Å². The highest BCUT2D eigenvalue weighted by Gasteiger charge is 2.14. The van der Waals surface area contributed by atoms with Gasteiger partial charge in [0.15, 0.2) is 0 Å². The summed E-state index contributed by atoms with van der Waals surface area (Å²) in [5.74, 6) is -0.529. The highest BCUT2D eigenvalue weighted by molar-refractivity contribution is 5.91. The fourth-order valence-electron chi connectivity index (χ4n) is 1.15. The largest absolute Gasteiger partial charge is 0.462 e. The summed E-state index contributed by atoms with van der Waals surface area (Å²) in [6, 6.07) is 4.12. The van der Waals surface area contributed by atoms with Crippen LogP contribution in [0.4, 0.5) is 5.69 Å². The predicted molar refractivity (Wildman–Crippen MR) is 53.8 cm³/mol. The van der Waals surface area contributed by atoms with Crippen LogP contribution >= 0.6 is 0 Å². The van der Waals surface area contributed by atoms with E-state index in [1.54, 1.807) is 13.8 Å². The summed E-state index contributed by atoms with van der Waals surface area (Å²) in [6.07, 6.45) is 0. The topological polar surface area (TPSA) is 69.4 Å². The summed E-state index contributed by atoms with van der Waals surface area (Å²) in [5, 5.41) is 10.5. The molecule has 5 heteroatoms. The predicted octanol–water partition coefficient (Wildman–Crippen LogP) is 2.08. The number of benzene rings is 1. The Morgan fingerprint density at radius 1 is 1.53 bits per heavy atom. The van der Waals surface area contributed by atoms with E-state index >= 15 is 0 Å². The molecule has 80 valence electrons. The zero-order valence-corrected chi connectivity index (χ0v) is 8.52. The third kappa shape index (κ3) is 2.52. The zero-order valence-electron chi connectivity index (χ0n) is 8.52. The minimum Gasteiger partial charge on any atom is -0.462 e. The first-order valence-electron chi connectivity index (χ1n) is 4.48. The Labute approximate surface area is 86.8 Å². The monoisotopic (exact) mass is 209 g/mol. The van der Waals surface area contributed by atoms with Crippen molar-refractivity contribution in [2.24, 2.45) is 0 Å². The van der Waals surface area contributed by atoms with Gasteiger partial charge in [-0.25, -0.2) is 4.79 Å². The first-order chi connectivity index (χ1) is 7.06. The average Bonchev–Trinajstić information content (AvgIpc) is 2.18. The van der Waals surface area contributed by atoms with Gasteiger partial charge in [0.2, 0.25) is 0 Å². The molecule has 1 aromatic carbocycles. The van der Waals surface area contributed by atoms with Crippen molar-refractivity contribution >= 4 is 11.7 Å². The second-order valence-corrected chi connectivity index (χ2v) is 2.98. The van der Waals surface area contributed by atoms with Gasteiger partial charge in [-0.1, -0.05) is 6.07 Å². The number of non-ortho nitro benzene ring substituents is 1. The van der Waals surface area contributed by atoms with Gasteiger partial charge in [-0.05, 0) is 19.4 Å². The van der Waals surface area contributed by atoms with Crippen molar-refractivity contribution in [2.75, 3.05) is 6.61 Å². The number of hydrogen-bond donors (Lipinski definition) is 0. The normalized spacial score (nSPS) is 9.73. The van der Waals surface area contributed by atoms with E-state index in [1.807, 2.05) is 0 Å². The molecule has 5 nitrogen and oxygen atoms in total. The van der Waals surface area contributed by atoms with Crippen LogP contribution in [0.5, 0.6) is 0 Å². The zero-order chi connectivity index (χ0) is 11.4. The lowest BCUT2D eigenvalue weighted by Crippen LogP contribution is -2.07. The van der Waals surface area contributed by atoms with Crippen molar-refractivity contribution in [3.63, 3.8) is 0 Å². The van der Waals surface area contributed by atoms with Crippen LogP contribution in [0, 0.1) is 17.0 Å². The highest BCUT2D eigenvalue weighted by Crippen LogP contribution is 2.17. The van der Waals surface area contributed by atoms with E-state index < -0.39 is 10.9 Å². The molecule has 15 heavy (non-hydrogen) atoms. The Bertz CT molecular complexity index is 400. The number of nitro benzene ring substituents is 1. The lowest BCUT2D eigenvalue weighted by atomic mass is 10.1. The summed E-state index contributed by atoms with van der Waals surface area (Å²) in [5.41, 5.74) is 0.800. The number of carbonyl (C=O) groups excluding carboxylic acids is 1. The van der Waals surface area contributed by atoms with E-state index in [-0.39, 0.29) is 17.9 Å². The van der Waals surface area contributed by atoms with Gasteiger partial charge in [-0.3, -0.25) is 10.1 Å². The minimum atomic E-state index is -0.540. The van der Waals surface area contributed by atoms with Crippen molar-refractivity contribution in [3.8, 4) is 0 Å². The fraction of sp³-hybridized carbons (Fsp3) is 0.300. The van der Waals surface area contributed by atoms with Crippen LogP contribution in [-0.4, -0.2) is 17.5 Å². The van der Waals surface area contributed by atoms with Gasteiger partial charge >= 0.3 is 5.97 Å². The molecule has 0 heterocycles. The van der Waals surface area contributed by atoms with Crippen LogP contribution in [0.3, 0.4) is 0 Å². The first-order valence-corrected chi connectivity index (χ1v) is 4.48. The van der Waals surface area contributed by atoms with Gasteiger partial charge in [0, 0.05) is 12.1 Å². The van der Waals surface area contributed by atoms with E-state index in [2.05, 4.69) is 0 Å². The van der Waals surface area contributed by atoms with Gasteiger partial charge < -0.3 is 4.74 Å². The maximum absolute atomic E-state index is 11.4. The van der Waals surface area contributed by atoms with Gasteiger partial charge in [0.1, 0.15) is 0 Å². The van der Waals surface area contributed by atoms with Gasteiger partial charge in [0.25, 0.3) is 5.69 Å². The molecule has 0 saturated carbocycles. The van der Waals surface area contributed by atoms with Crippen LogP contribution in [0.25, 0.3) is 0 Å². The molecule has 0 fully saturated rings. The molecule has 0 atom stereocenters. The lowest BCUT2D eigenvalue weighted by Gasteiger charge is -2.04. The van der Waals surface area contributed by atoms with Crippen molar-refractivity contribution in [2.45, 2.75) is 13.8 Å². The number of nitro groups is 1. The summed E-state index contributed by atoms with van der Waals surface area (Å²) >= 11 is 0. The molecule has 0 saturated heterocycles. The van der Waals surface area contributed by atoms with E-state index in [9.17, 15) is 14.9 Å². The quantitative estimate of drug-likeness (QED) is 0.434. The van der Waals surface area contributed by atoms with Crippen LogP contribution in [0.1, 0.15) is 22.8 Å². The molecule has 0 aliphatic heterocycles. The number of esters is 1. The molecular weight excluding hydrogens is 198 g/mol. The number of carbonyl (C=O) groups is 1. The number of aryl methyl sites for hydroxylation is 1. The Morgan fingerprint density at radius 2 is 2.20 bits per heavy atom. The number of nitrogens with zero attached hydrogens (tertiary/aromatic N) is 1. The van der Waals surface area contributed by atoms with E-state index in [0.717, 1.165) is 0 Å². The molecule has 0 radical (unpaired) electrons. The van der Waals surface area contributed by atoms with Gasteiger partial charge in [-0.2, -0.15) is 0 Å². The SMILES string of the molecule is CCOC(=O)c1cc([N+](=O)[O-])ccc1C. The van der Waals surface area contributed by atoms with Crippen LogP contribution in [0.15, 0.2) is 18.2 Å². The van der Waals surface area contributed by atoms with E-state index in [4.69, 9.17) is 4.74 Å². The molecule has 0 spiro atoms. The summed E-state index contributed by atoms with van der Waals surface area (Å²) < 4.78 is 4.78. The van der Waals surface area contributed by atoms with Crippen molar-refractivity contribution in [1.29, 1.82) is 0 Å². The van der Waals surface area contributed by atoms with Gasteiger partial charge in [0.05, 0.1) is 17.1 Å². The minimum absolute atomic E-state index is 0.108. The Balaban J connectivity index is 3.10. The summed E-state index contributed by atoms with van der Waals surface area (Å²) in [4.78, 5) is 21.4. The molecule has 0 amide bonds. The van der Waals surface area contributed by atoms with E-state index in [0.29, 0.717) is 5.56 Å². The second kappa shape index (κ2) is 4.54. The van der Waals surface area contributed by atoms with E-state index in [1.165, 1.54) is 18.2 Å². The molecular formula is C10H11NO4. The third-order valence-corrected chi connectivity index (χ3v) is 1.93. The van der Waals surface area contributed by atoms with Crippen molar-refractivity contribution in [3.05, 3.63) is 39.4 Å². The highest BCUT2D eigenvalue weighted by atomic mass is 16.6. The Morgan fingerprint density at radius 3 is 2.73 bits per heavy atom. The number of ether oxygens (including phenoxy) is 1. The number of rotatable bonds is 3. The van der Waals surface area contributed by atoms with Crippen LogP contribution in [0.2, 0.25) is 0 Å². The molecule has 0 bridgehead atoms. The molecule has 0 N–H and O–H groups in total. The smallest absolute Gasteiger partial charge is 0.338 e. The standard InChI is InChI=1S/C10H11NO4/c1-3-15-10(12)9-6-8(11(13)14)5-4-7(9)2/h4-6H,3H2,1-2H3. The van der Waals surface area contributed by atoms with Crippen molar-refractivity contribution < 1.29 is 14.5 Å². The molecule has 0 aliphatic carbocycles. The summed E-state index contributed by atoms with van der Waals surface area (Å²) in [6.45, 7) is 3.64. The summed E-state index contributed by atoms with van der Waals surface area (Å²) in [7, 11) is 0. The lowest BCUT2D eigenvalue weighted by molar-refractivity contribution is -0.384. The van der Waals surface area contributed by atoms with Crippen LogP contribution in [-0.2, 0) is 4.74 Å². The fourth-order valence-corrected chi connectivity index (χ4v) is 1.15. The molecule has 0 unspecified atom stereocenters. The molecule has 1 aromatic rings. The molecule has 1 rings (SSSR count). The van der Waals surface area contributed by atoms with Crippen LogP contribution < -0.4 is 0 Å². The third-order valence-electron chi connectivity index (χ3n) is 1.93. The molecule has 0 aromatic heterocycles. The number of hydrogen-bond acceptors (Lipinski definition) is 4. The first kappa shape index (κ1) is 11.2. The maximum atomic E-state index is 11.4. The van der Waals surface area contributed by atoms with Crippen molar-refractivity contribution in [1.82, 2.24) is 0 Å².